The monoisotopic (exact) mass is 342 g/mol. The maximum absolute atomic E-state index is 12.6. The highest BCUT2D eigenvalue weighted by Crippen LogP contribution is 2.29. The summed E-state index contributed by atoms with van der Waals surface area (Å²) >= 11 is 0. The van der Waals surface area contributed by atoms with Crippen LogP contribution in [0.1, 0.15) is 26.3 Å². The van der Waals surface area contributed by atoms with Crippen LogP contribution in [0.3, 0.4) is 0 Å². The Hall–Kier alpha value is -3.02. The Bertz CT molecular complexity index is 775. The van der Waals surface area contributed by atoms with Crippen LogP contribution in [-0.2, 0) is 0 Å². The Morgan fingerprint density at radius 1 is 0.960 bits per heavy atom. The average Bonchev–Trinajstić information content (AvgIpc) is 2.61. The molecule has 0 bridgehead atoms. The van der Waals surface area contributed by atoms with Gasteiger partial charge in [0.2, 0.25) is 0 Å². The fourth-order valence-electron chi connectivity index (χ4n) is 2.41. The van der Waals surface area contributed by atoms with Gasteiger partial charge in [0.15, 0.2) is 0 Å². The maximum Gasteiger partial charge on any atom is 0.255 e. The number of benzene rings is 2. The lowest BCUT2D eigenvalue weighted by molar-refractivity contribution is 0.0827. The van der Waals surface area contributed by atoms with Crippen LogP contribution in [0.5, 0.6) is 11.5 Å². The summed E-state index contributed by atoms with van der Waals surface area (Å²) in [5, 5.41) is 2.79. The number of amides is 2. The maximum atomic E-state index is 12.6. The molecule has 0 saturated heterocycles. The van der Waals surface area contributed by atoms with Crippen LogP contribution in [0.25, 0.3) is 0 Å². The molecular formula is C19H22N2O4. The molecule has 0 atom stereocenters. The van der Waals surface area contributed by atoms with Gasteiger partial charge in [-0.1, -0.05) is 6.07 Å². The van der Waals surface area contributed by atoms with Gasteiger partial charge >= 0.3 is 0 Å². The lowest BCUT2D eigenvalue weighted by atomic mass is 10.1. The summed E-state index contributed by atoms with van der Waals surface area (Å²) in [5.41, 5.74) is 2.27. The van der Waals surface area contributed by atoms with Crippen LogP contribution in [0.15, 0.2) is 36.4 Å². The van der Waals surface area contributed by atoms with E-state index in [1.807, 2.05) is 6.92 Å². The van der Waals surface area contributed by atoms with Crippen molar-refractivity contribution in [2.45, 2.75) is 6.92 Å². The molecule has 0 aliphatic rings. The first-order chi connectivity index (χ1) is 11.9. The SMILES string of the molecule is COc1cc(C(=O)Nc2cccc(C(=O)N(C)C)c2)cc(OC)c1C. The van der Waals surface area contributed by atoms with Crippen LogP contribution < -0.4 is 14.8 Å². The second kappa shape index (κ2) is 7.70. The molecule has 0 aliphatic heterocycles. The van der Waals surface area contributed by atoms with E-state index in [9.17, 15) is 9.59 Å². The molecule has 2 rings (SSSR count). The molecule has 2 amide bonds. The smallest absolute Gasteiger partial charge is 0.255 e. The standard InChI is InChI=1S/C19H22N2O4/c1-12-16(24-4)10-14(11-17(12)25-5)18(22)20-15-8-6-7-13(9-15)19(23)21(2)3/h6-11H,1-5H3,(H,20,22). The normalized spacial score (nSPS) is 10.1. The highest BCUT2D eigenvalue weighted by molar-refractivity contribution is 6.05. The molecule has 0 saturated carbocycles. The van der Waals surface area contributed by atoms with E-state index in [0.29, 0.717) is 28.3 Å². The number of hydrogen-bond donors (Lipinski definition) is 1. The van der Waals surface area contributed by atoms with E-state index in [-0.39, 0.29) is 11.8 Å². The zero-order valence-corrected chi connectivity index (χ0v) is 15.0. The predicted molar refractivity (Wildman–Crippen MR) is 96.7 cm³/mol. The van der Waals surface area contributed by atoms with E-state index in [1.54, 1.807) is 64.7 Å². The molecule has 6 heteroatoms. The molecule has 0 heterocycles. The first-order valence-electron chi connectivity index (χ1n) is 7.73. The summed E-state index contributed by atoms with van der Waals surface area (Å²) in [6.45, 7) is 1.86. The third kappa shape index (κ3) is 4.09. The fourth-order valence-corrected chi connectivity index (χ4v) is 2.41. The Kier molecular flexibility index (Phi) is 5.64. The molecular weight excluding hydrogens is 320 g/mol. The van der Waals surface area contributed by atoms with Crippen molar-refractivity contribution < 1.29 is 19.1 Å². The molecule has 0 spiro atoms. The summed E-state index contributed by atoms with van der Waals surface area (Å²) in [6.07, 6.45) is 0. The van der Waals surface area contributed by atoms with E-state index >= 15 is 0 Å². The van der Waals surface area contributed by atoms with Gasteiger partial charge in [0.05, 0.1) is 14.2 Å². The minimum Gasteiger partial charge on any atom is -0.496 e. The van der Waals surface area contributed by atoms with Crippen molar-refractivity contribution in [2.75, 3.05) is 33.6 Å². The molecule has 0 aliphatic carbocycles. The quantitative estimate of drug-likeness (QED) is 0.907. The van der Waals surface area contributed by atoms with Gasteiger partial charge < -0.3 is 19.7 Å². The van der Waals surface area contributed by atoms with E-state index in [2.05, 4.69) is 5.32 Å². The number of ether oxygens (including phenoxy) is 2. The Morgan fingerprint density at radius 3 is 2.08 bits per heavy atom. The van der Waals surface area contributed by atoms with Crippen LogP contribution in [-0.4, -0.2) is 45.0 Å². The van der Waals surface area contributed by atoms with Gasteiger partial charge in [0, 0.05) is 36.5 Å². The van der Waals surface area contributed by atoms with Crippen LogP contribution in [0.2, 0.25) is 0 Å². The van der Waals surface area contributed by atoms with Crippen molar-refractivity contribution in [3.8, 4) is 11.5 Å². The second-order valence-corrected chi connectivity index (χ2v) is 5.74. The largest absolute Gasteiger partial charge is 0.496 e. The number of rotatable bonds is 5. The first kappa shape index (κ1) is 18.3. The van der Waals surface area contributed by atoms with Gasteiger partial charge in [0.1, 0.15) is 11.5 Å². The summed E-state index contributed by atoms with van der Waals surface area (Å²) in [4.78, 5) is 26.1. The molecule has 132 valence electrons. The molecule has 25 heavy (non-hydrogen) atoms. The Labute approximate surface area is 147 Å². The van der Waals surface area contributed by atoms with Crippen LogP contribution in [0.4, 0.5) is 5.69 Å². The Balaban J connectivity index is 2.28. The molecule has 2 aromatic rings. The molecule has 0 aromatic heterocycles. The summed E-state index contributed by atoms with van der Waals surface area (Å²) in [5.74, 6) is 0.697. The average molecular weight is 342 g/mol. The highest BCUT2D eigenvalue weighted by Gasteiger charge is 2.15. The number of hydrogen-bond acceptors (Lipinski definition) is 4. The second-order valence-electron chi connectivity index (χ2n) is 5.74. The lowest BCUT2D eigenvalue weighted by Crippen LogP contribution is -2.22. The molecule has 6 nitrogen and oxygen atoms in total. The van der Waals surface area contributed by atoms with Crippen molar-refractivity contribution in [2.24, 2.45) is 0 Å². The lowest BCUT2D eigenvalue weighted by Gasteiger charge is -2.14. The summed E-state index contributed by atoms with van der Waals surface area (Å²) in [6, 6.07) is 10.1. The third-order valence-corrected chi connectivity index (χ3v) is 3.79. The number of nitrogens with zero attached hydrogens (tertiary/aromatic N) is 1. The molecule has 0 unspecified atom stereocenters. The number of anilines is 1. The van der Waals surface area contributed by atoms with Crippen LogP contribution >= 0.6 is 0 Å². The number of methoxy groups -OCH3 is 2. The first-order valence-corrected chi connectivity index (χ1v) is 7.73. The van der Waals surface area contributed by atoms with Gasteiger partial charge in [-0.05, 0) is 37.3 Å². The van der Waals surface area contributed by atoms with E-state index < -0.39 is 0 Å². The molecule has 1 N–H and O–H groups in total. The molecule has 0 fully saturated rings. The molecule has 2 aromatic carbocycles. The summed E-state index contributed by atoms with van der Waals surface area (Å²) in [7, 11) is 6.44. The van der Waals surface area contributed by atoms with Gasteiger partial charge in [-0.15, -0.1) is 0 Å². The zero-order valence-electron chi connectivity index (χ0n) is 15.0. The van der Waals surface area contributed by atoms with E-state index in [4.69, 9.17) is 9.47 Å². The minimum atomic E-state index is -0.314. The number of carbonyl (C=O) groups excluding carboxylic acids is 2. The minimum absolute atomic E-state index is 0.130. The predicted octanol–water partition coefficient (Wildman–Crippen LogP) is 2.97. The highest BCUT2D eigenvalue weighted by atomic mass is 16.5. The van der Waals surface area contributed by atoms with Crippen molar-refractivity contribution in [1.82, 2.24) is 4.90 Å². The third-order valence-electron chi connectivity index (χ3n) is 3.79. The van der Waals surface area contributed by atoms with E-state index in [0.717, 1.165) is 5.56 Å². The van der Waals surface area contributed by atoms with Gasteiger partial charge in [0.25, 0.3) is 11.8 Å². The zero-order chi connectivity index (χ0) is 18.6. The van der Waals surface area contributed by atoms with Crippen LogP contribution in [0, 0.1) is 6.92 Å². The van der Waals surface area contributed by atoms with Gasteiger partial charge in [-0.25, -0.2) is 0 Å². The van der Waals surface area contributed by atoms with Crippen molar-refractivity contribution in [1.29, 1.82) is 0 Å². The number of carbonyl (C=O) groups is 2. The van der Waals surface area contributed by atoms with Crippen molar-refractivity contribution >= 4 is 17.5 Å². The van der Waals surface area contributed by atoms with Gasteiger partial charge in [-0.2, -0.15) is 0 Å². The van der Waals surface area contributed by atoms with Gasteiger partial charge in [-0.3, -0.25) is 9.59 Å². The topological polar surface area (TPSA) is 67.9 Å². The summed E-state index contributed by atoms with van der Waals surface area (Å²) < 4.78 is 10.6. The van der Waals surface area contributed by atoms with Crippen molar-refractivity contribution in [3.63, 3.8) is 0 Å². The molecule has 0 radical (unpaired) electrons. The Morgan fingerprint density at radius 2 is 1.56 bits per heavy atom. The van der Waals surface area contributed by atoms with Crippen molar-refractivity contribution in [3.05, 3.63) is 53.1 Å². The van der Waals surface area contributed by atoms with E-state index in [1.165, 1.54) is 4.90 Å². The fraction of sp³-hybridized carbons (Fsp3) is 0.263. The number of nitrogens with one attached hydrogen (secondary N) is 1.